The Morgan fingerprint density at radius 2 is 1.82 bits per heavy atom. The van der Waals surface area contributed by atoms with Crippen molar-refractivity contribution in [2.45, 2.75) is 65.9 Å². The third-order valence-corrected chi connectivity index (χ3v) is 3.63. The van der Waals surface area contributed by atoms with E-state index in [2.05, 4.69) is 20.4 Å². The molecule has 1 atom stereocenters. The van der Waals surface area contributed by atoms with Crippen molar-refractivity contribution in [3.8, 4) is 0 Å². The van der Waals surface area contributed by atoms with Gasteiger partial charge in [-0.3, -0.25) is 4.79 Å². The Kier molecular flexibility index (Phi) is 7.37. The molecule has 0 saturated carbocycles. The second-order valence-corrected chi connectivity index (χ2v) is 4.96. The van der Waals surface area contributed by atoms with E-state index in [1.54, 1.807) is 6.92 Å². The molecule has 17 heavy (non-hydrogen) atoms. The van der Waals surface area contributed by atoms with E-state index in [4.69, 9.17) is 4.74 Å². The van der Waals surface area contributed by atoms with E-state index >= 15 is 0 Å². The summed E-state index contributed by atoms with van der Waals surface area (Å²) in [5.41, 5.74) is -0.0449. The van der Waals surface area contributed by atoms with E-state index in [0.717, 1.165) is 25.7 Å². The van der Waals surface area contributed by atoms with Crippen LogP contribution in [0, 0.1) is 5.92 Å². The number of rotatable bonds is 9. The van der Waals surface area contributed by atoms with Crippen LogP contribution in [0.2, 0.25) is 0 Å². The Balaban J connectivity index is 4.52. The topological polar surface area (TPSA) is 26.3 Å². The zero-order chi connectivity index (χ0) is 13.5. The molecule has 0 aromatic heterocycles. The third kappa shape index (κ3) is 4.63. The van der Waals surface area contributed by atoms with E-state index in [-0.39, 0.29) is 5.78 Å². The fourth-order valence-electron chi connectivity index (χ4n) is 1.89. The van der Waals surface area contributed by atoms with Crippen molar-refractivity contribution in [2.24, 2.45) is 5.92 Å². The number of hydrogen-bond acceptors (Lipinski definition) is 2. The molecule has 0 aromatic carbocycles. The van der Waals surface area contributed by atoms with Gasteiger partial charge in [0.1, 0.15) is 5.60 Å². The number of carbonyl (C=O) groups is 1. The van der Waals surface area contributed by atoms with Crippen LogP contribution < -0.4 is 0 Å². The summed E-state index contributed by atoms with van der Waals surface area (Å²) in [6.07, 6.45) is 3.61. The predicted molar refractivity (Wildman–Crippen MR) is 73.2 cm³/mol. The first-order valence-electron chi connectivity index (χ1n) is 6.77. The van der Waals surface area contributed by atoms with E-state index < -0.39 is 5.60 Å². The van der Waals surface area contributed by atoms with Crippen molar-refractivity contribution in [3.63, 3.8) is 0 Å². The highest BCUT2D eigenvalue weighted by Gasteiger charge is 2.35. The standard InChI is InChI=1S/C15H28O2/c1-7-13(6)10-11-17-15(8-2,9-3)14(16)12(4)5/h13H,4,7-11H2,1-3,5-6H3. The average Bonchev–Trinajstić information content (AvgIpc) is 2.33. The van der Waals surface area contributed by atoms with Crippen molar-refractivity contribution in [1.82, 2.24) is 0 Å². The summed E-state index contributed by atoms with van der Waals surface area (Å²) in [4.78, 5) is 12.1. The first-order chi connectivity index (χ1) is 7.93. The minimum atomic E-state index is -0.640. The van der Waals surface area contributed by atoms with Crippen LogP contribution >= 0.6 is 0 Å². The molecular formula is C15H28O2. The van der Waals surface area contributed by atoms with Crippen LogP contribution in [0.1, 0.15) is 60.3 Å². The summed E-state index contributed by atoms with van der Waals surface area (Å²) in [7, 11) is 0. The lowest BCUT2D eigenvalue weighted by Gasteiger charge is -2.31. The normalized spacial score (nSPS) is 13.5. The molecule has 0 rings (SSSR count). The molecule has 0 aromatic rings. The fourth-order valence-corrected chi connectivity index (χ4v) is 1.89. The molecule has 100 valence electrons. The predicted octanol–water partition coefficient (Wildman–Crippen LogP) is 4.14. The minimum Gasteiger partial charge on any atom is -0.367 e. The smallest absolute Gasteiger partial charge is 0.189 e. The Hall–Kier alpha value is -0.630. The second kappa shape index (κ2) is 7.65. The summed E-state index contributed by atoms with van der Waals surface area (Å²) >= 11 is 0. The number of ketones is 1. The largest absolute Gasteiger partial charge is 0.367 e. The SMILES string of the molecule is C=C(C)C(=O)C(CC)(CC)OCCC(C)CC. The lowest BCUT2D eigenvalue weighted by Crippen LogP contribution is -2.41. The molecule has 1 unspecified atom stereocenters. The van der Waals surface area contributed by atoms with E-state index in [1.165, 1.54) is 0 Å². The maximum atomic E-state index is 12.1. The average molecular weight is 240 g/mol. The number of hydrogen-bond donors (Lipinski definition) is 0. The van der Waals surface area contributed by atoms with Crippen molar-refractivity contribution < 1.29 is 9.53 Å². The van der Waals surface area contributed by atoms with Gasteiger partial charge in [0.2, 0.25) is 0 Å². The molecule has 0 saturated heterocycles. The van der Waals surface area contributed by atoms with Crippen LogP contribution in [0.5, 0.6) is 0 Å². The molecule has 0 spiro atoms. The van der Waals surface area contributed by atoms with Gasteiger partial charge in [0.25, 0.3) is 0 Å². The minimum absolute atomic E-state index is 0.0617. The Morgan fingerprint density at radius 3 is 2.18 bits per heavy atom. The zero-order valence-corrected chi connectivity index (χ0v) is 12.1. The van der Waals surface area contributed by atoms with Gasteiger partial charge in [-0.1, -0.05) is 40.7 Å². The summed E-state index contributed by atoms with van der Waals surface area (Å²) in [5, 5.41) is 0. The molecule has 0 radical (unpaired) electrons. The molecule has 0 amide bonds. The van der Waals surface area contributed by atoms with Gasteiger partial charge in [0.15, 0.2) is 5.78 Å². The summed E-state index contributed by atoms with van der Waals surface area (Å²) in [6, 6.07) is 0. The van der Waals surface area contributed by atoms with Gasteiger partial charge >= 0.3 is 0 Å². The van der Waals surface area contributed by atoms with Crippen molar-refractivity contribution in [3.05, 3.63) is 12.2 Å². The van der Waals surface area contributed by atoms with Crippen LogP contribution in [0.3, 0.4) is 0 Å². The van der Waals surface area contributed by atoms with Crippen LogP contribution in [-0.2, 0) is 9.53 Å². The van der Waals surface area contributed by atoms with Gasteiger partial charge in [-0.05, 0) is 37.7 Å². The molecule has 2 nitrogen and oxygen atoms in total. The van der Waals surface area contributed by atoms with Gasteiger partial charge in [-0.25, -0.2) is 0 Å². The molecule has 0 N–H and O–H groups in total. The summed E-state index contributed by atoms with van der Waals surface area (Å²) in [5.74, 6) is 0.716. The lowest BCUT2D eigenvalue weighted by molar-refractivity contribution is -0.142. The summed E-state index contributed by atoms with van der Waals surface area (Å²) in [6.45, 7) is 14.6. The second-order valence-electron chi connectivity index (χ2n) is 4.96. The highest BCUT2D eigenvalue weighted by Crippen LogP contribution is 2.25. The lowest BCUT2D eigenvalue weighted by atomic mass is 9.88. The third-order valence-electron chi connectivity index (χ3n) is 3.63. The molecule has 2 heteroatoms. The van der Waals surface area contributed by atoms with Crippen molar-refractivity contribution >= 4 is 5.78 Å². The van der Waals surface area contributed by atoms with Crippen LogP contribution in [0.25, 0.3) is 0 Å². The van der Waals surface area contributed by atoms with E-state index in [1.807, 2.05) is 13.8 Å². The molecule has 0 aliphatic heterocycles. The highest BCUT2D eigenvalue weighted by atomic mass is 16.5. The Bertz CT molecular complexity index is 252. The molecular weight excluding hydrogens is 212 g/mol. The molecule has 0 heterocycles. The number of Topliss-reactive ketones (excluding diaryl/α,β-unsaturated/α-hetero) is 1. The quantitative estimate of drug-likeness (QED) is 0.566. The van der Waals surface area contributed by atoms with Gasteiger partial charge in [-0.2, -0.15) is 0 Å². The van der Waals surface area contributed by atoms with Gasteiger partial charge < -0.3 is 4.74 Å². The maximum Gasteiger partial charge on any atom is 0.189 e. The molecule has 0 fully saturated rings. The Morgan fingerprint density at radius 1 is 1.29 bits per heavy atom. The number of ether oxygens (including phenoxy) is 1. The first-order valence-corrected chi connectivity index (χ1v) is 6.77. The van der Waals surface area contributed by atoms with Crippen molar-refractivity contribution in [2.75, 3.05) is 6.61 Å². The van der Waals surface area contributed by atoms with Gasteiger partial charge in [-0.15, -0.1) is 0 Å². The fraction of sp³-hybridized carbons (Fsp3) is 0.800. The van der Waals surface area contributed by atoms with Crippen LogP contribution in [0.15, 0.2) is 12.2 Å². The van der Waals surface area contributed by atoms with E-state index in [0.29, 0.717) is 18.1 Å². The molecule has 0 bridgehead atoms. The van der Waals surface area contributed by atoms with Gasteiger partial charge in [0, 0.05) is 6.61 Å². The maximum absolute atomic E-state index is 12.1. The first kappa shape index (κ1) is 16.4. The summed E-state index contributed by atoms with van der Waals surface area (Å²) < 4.78 is 5.91. The van der Waals surface area contributed by atoms with Crippen molar-refractivity contribution in [1.29, 1.82) is 0 Å². The monoisotopic (exact) mass is 240 g/mol. The molecule has 0 aliphatic carbocycles. The van der Waals surface area contributed by atoms with Crippen LogP contribution in [-0.4, -0.2) is 18.0 Å². The zero-order valence-electron chi connectivity index (χ0n) is 12.1. The van der Waals surface area contributed by atoms with E-state index in [9.17, 15) is 4.79 Å². The highest BCUT2D eigenvalue weighted by molar-refractivity contribution is 6.00. The van der Waals surface area contributed by atoms with Crippen LogP contribution in [0.4, 0.5) is 0 Å². The molecule has 0 aliphatic rings. The number of carbonyl (C=O) groups excluding carboxylic acids is 1. The Labute approximate surface area is 106 Å². The van der Waals surface area contributed by atoms with Gasteiger partial charge in [0.05, 0.1) is 0 Å².